The Morgan fingerprint density at radius 3 is 2.93 bits per heavy atom. The highest BCUT2D eigenvalue weighted by molar-refractivity contribution is 5.75. The molecule has 1 fully saturated rings. The summed E-state index contributed by atoms with van der Waals surface area (Å²) in [7, 11) is 0. The van der Waals surface area contributed by atoms with Crippen molar-refractivity contribution in [1.82, 2.24) is 14.8 Å². The fourth-order valence-electron chi connectivity index (χ4n) is 1.69. The van der Waals surface area contributed by atoms with Gasteiger partial charge in [0.2, 0.25) is 0 Å². The van der Waals surface area contributed by atoms with Crippen LogP contribution in [-0.2, 0) is 16.2 Å². The molecule has 1 aromatic heterocycles. The van der Waals surface area contributed by atoms with Crippen LogP contribution in [0.1, 0.15) is 17.8 Å². The van der Waals surface area contributed by atoms with Crippen molar-refractivity contribution < 1.29 is 9.63 Å². The molecule has 82 valence electrons. The Morgan fingerprint density at radius 2 is 2.40 bits per heavy atom. The third-order valence-corrected chi connectivity index (χ3v) is 2.42. The summed E-state index contributed by atoms with van der Waals surface area (Å²) in [5, 5.41) is 5.66. The lowest BCUT2D eigenvalue weighted by Gasteiger charge is -2.14. The molecule has 0 saturated carbocycles. The third-order valence-electron chi connectivity index (χ3n) is 2.42. The van der Waals surface area contributed by atoms with Crippen LogP contribution in [0.5, 0.6) is 0 Å². The topological polar surface area (TPSA) is 47.4 Å². The number of aromatic nitrogens is 2. The molecule has 5 heteroatoms. The maximum absolute atomic E-state index is 11.7. The summed E-state index contributed by atoms with van der Waals surface area (Å²) in [5.74, 6) is -0.0290. The Bertz CT molecular complexity index is 367. The fourth-order valence-corrected chi connectivity index (χ4v) is 1.69. The van der Waals surface area contributed by atoms with Gasteiger partial charge in [0.15, 0.2) is 0 Å². The van der Waals surface area contributed by atoms with Gasteiger partial charge in [-0.1, -0.05) is 0 Å². The molecule has 1 saturated heterocycles. The molecular weight excluding hydrogens is 194 g/mol. The molecule has 0 N–H and O–H groups in total. The van der Waals surface area contributed by atoms with Gasteiger partial charge in [0.05, 0.1) is 18.8 Å². The van der Waals surface area contributed by atoms with Gasteiger partial charge in [-0.3, -0.25) is 14.3 Å². The van der Waals surface area contributed by atoms with Crippen molar-refractivity contribution in [2.75, 3.05) is 13.2 Å². The smallest absolute Gasteiger partial charge is 0.267 e. The summed E-state index contributed by atoms with van der Waals surface area (Å²) < 4.78 is 1.71. The minimum absolute atomic E-state index is 0.0290. The molecule has 1 aromatic rings. The van der Waals surface area contributed by atoms with Crippen LogP contribution in [0.25, 0.3) is 0 Å². The van der Waals surface area contributed by atoms with Gasteiger partial charge in [-0.15, -0.1) is 0 Å². The zero-order chi connectivity index (χ0) is 10.8. The van der Waals surface area contributed by atoms with Crippen molar-refractivity contribution in [3.8, 4) is 0 Å². The van der Waals surface area contributed by atoms with Crippen LogP contribution in [0.4, 0.5) is 0 Å². The summed E-state index contributed by atoms with van der Waals surface area (Å²) in [4.78, 5) is 16.9. The molecule has 0 aromatic carbocycles. The predicted molar refractivity (Wildman–Crippen MR) is 54.0 cm³/mol. The Hall–Kier alpha value is -1.36. The quantitative estimate of drug-likeness (QED) is 0.719. The number of hydroxylamine groups is 2. The SMILES string of the molecule is Cc1cc(C)n(CC(=O)N2CCCO2)n1. The van der Waals surface area contributed by atoms with E-state index in [1.54, 1.807) is 4.68 Å². The molecule has 2 rings (SSSR count). The maximum atomic E-state index is 11.7. The van der Waals surface area contributed by atoms with Gasteiger partial charge >= 0.3 is 0 Å². The van der Waals surface area contributed by atoms with E-state index in [1.165, 1.54) is 5.06 Å². The Kier molecular flexibility index (Phi) is 2.73. The first-order valence-corrected chi connectivity index (χ1v) is 5.11. The van der Waals surface area contributed by atoms with Crippen molar-refractivity contribution in [1.29, 1.82) is 0 Å². The normalized spacial score (nSPS) is 16.0. The summed E-state index contributed by atoms with van der Waals surface area (Å²) in [6.45, 7) is 5.46. The highest BCUT2D eigenvalue weighted by atomic mass is 16.7. The lowest BCUT2D eigenvalue weighted by atomic mass is 10.4. The molecule has 1 aliphatic heterocycles. The van der Waals surface area contributed by atoms with Gasteiger partial charge in [0, 0.05) is 5.69 Å². The van der Waals surface area contributed by atoms with Crippen molar-refractivity contribution in [2.45, 2.75) is 26.8 Å². The first kappa shape index (κ1) is 10.2. The number of amides is 1. The molecule has 0 radical (unpaired) electrons. The molecule has 0 atom stereocenters. The molecule has 5 nitrogen and oxygen atoms in total. The summed E-state index contributed by atoms with van der Waals surface area (Å²) in [6.07, 6.45) is 0.920. The minimum atomic E-state index is -0.0290. The van der Waals surface area contributed by atoms with Crippen molar-refractivity contribution in [2.24, 2.45) is 0 Å². The summed E-state index contributed by atoms with van der Waals surface area (Å²) in [6, 6.07) is 1.96. The zero-order valence-corrected chi connectivity index (χ0v) is 9.06. The standard InChI is InChI=1S/C10H15N3O2/c1-8-6-9(2)12(11-8)7-10(14)13-4-3-5-15-13/h6H,3-5,7H2,1-2H3. The molecule has 0 spiro atoms. The van der Waals surface area contributed by atoms with Crippen molar-refractivity contribution in [3.63, 3.8) is 0 Å². The van der Waals surface area contributed by atoms with E-state index in [9.17, 15) is 4.79 Å². The molecular formula is C10H15N3O2. The van der Waals surface area contributed by atoms with Gasteiger partial charge in [-0.05, 0) is 26.3 Å². The number of nitrogens with zero attached hydrogens (tertiary/aromatic N) is 3. The average Bonchev–Trinajstić information content (AvgIpc) is 2.76. The van der Waals surface area contributed by atoms with Crippen LogP contribution < -0.4 is 0 Å². The van der Waals surface area contributed by atoms with Crippen LogP contribution in [0.2, 0.25) is 0 Å². The van der Waals surface area contributed by atoms with E-state index in [4.69, 9.17) is 4.84 Å². The lowest BCUT2D eigenvalue weighted by Crippen LogP contribution is -2.30. The largest absolute Gasteiger partial charge is 0.271 e. The molecule has 2 heterocycles. The van der Waals surface area contributed by atoms with E-state index in [2.05, 4.69) is 5.10 Å². The monoisotopic (exact) mass is 209 g/mol. The number of aryl methyl sites for hydroxylation is 2. The number of rotatable bonds is 2. The predicted octanol–water partition coefficient (Wildman–Crippen LogP) is 0.664. The summed E-state index contributed by atoms with van der Waals surface area (Å²) >= 11 is 0. The molecule has 0 bridgehead atoms. The van der Waals surface area contributed by atoms with E-state index in [1.807, 2.05) is 19.9 Å². The van der Waals surface area contributed by atoms with E-state index in [0.29, 0.717) is 13.2 Å². The van der Waals surface area contributed by atoms with E-state index in [0.717, 1.165) is 17.8 Å². The molecule has 0 unspecified atom stereocenters. The van der Waals surface area contributed by atoms with Gasteiger partial charge < -0.3 is 0 Å². The van der Waals surface area contributed by atoms with E-state index >= 15 is 0 Å². The van der Waals surface area contributed by atoms with Crippen LogP contribution in [0, 0.1) is 13.8 Å². The van der Waals surface area contributed by atoms with E-state index < -0.39 is 0 Å². The van der Waals surface area contributed by atoms with Gasteiger partial charge in [-0.25, -0.2) is 5.06 Å². The van der Waals surface area contributed by atoms with Crippen molar-refractivity contribution in [3.05, 3.63) is 17.5 Å². The number of carbonyl (C=O) groups is 1. The fraction of sp³-hybridized carbons (Fsp3) is 0.600. The highest BCUT2D eigenvalue weighted by Gasteiger charge is 2.20. The minimum Gasteiger partial charge on any atom is -0.271 e. The highest BCUT2D eigenvalue weighted by Crippen LogP contribution is 2.07. The first-order valence-electron chi connectivity index (χ1n) is 5.11. The van der Waals surface area contributed by atoms with Gasteiger partial charge in [-0.2, -0.15) is 5.10 Å². The van der Waals surface area contributed by atoms with Crippen molar-refractivity contribution >= 4 is 5.91 Å². The molecule has 0 aliphatic carbocycles. The Balaban J connectivity index is 2.01. The second-order valence-corrected chi connectivity index (χ2v) is 3.77. The van der Waals surface area contributed by atoms with E-state index in [-0.39, 0.29) is 12.5 Å². The van der Waals surface area contributed by atoms with Gasteiger partial charge in [0.25, 0.3) is 5.91 Å². The lowest BCUT2D eigenvalue weighted by molar-refractivity contribution is -0.169. The first-order chi connectivity index (χ1) is 7.16. The molecule has 1 amide bonds. The second kappa shape index (κ2) is 4.02. The van der Waals surface area contributed by atoms with Crippen LogP contribution in [0.3, 0.4) is 0 Å². The Morgan fingerprint density at radius 1 is 1.60 bits per heavy atom. The second-order valence-electron chi connectivity index (χ2n) is 3.77. The molecule has 15 heavy (non-hydrogen) atoms. The van der Waals surface area contributed by atoms with Crippen LogP contribution in [0.15, 0.2) is 6.07 Å². The third kappa shape index (κ3) is 2.18. The number of hydrogen-bond acceptors (Lipinski definition) is 3. The Labute approximate surface area is 88.6 Å². The van der Waals surface area contributed by atoms with Gasteiger partial charge in [0.1, 0.15) is 6.54 Å². The number of carbonyl (C=O) groups excluding carboxylic acids is 1. The van der Waals surface area contributed by atoms with Crippen LogP contribution >= 0.6 is 0 Å². The zero-order valence-electron chi connectivity index (χ0n) is 9.06. The molecule has 1 aliphatic rings. The summed E-state index contributed by atoms with van der Waals surface area (Å²) in [5.41, 5.74) is 1.93. The number of hydrogen-bond donors (Lipinski definition) is 0. The van der Waals surface area contributed by atoms with Crippen LogP contribution in [-0.4, -0.2) is 33.9 Å². The maximum Gasteiger partial charge on any atom is 0.267 e. The average molecular weight is 209 g/mol.